The molecule has 0 radical (unpaired) electrons. The Labute approximate surface area is 336 Å². The first-order valence-electron chi connectivity index (χ1n) is 19.7. The summed E-state index contributed by atoms with van der Waals surface area (Å²) in [7, 11) is 0. The van der Waals surface area contributed by atoms with Gasteiger partial charge in [0, 0.05) is 74.0 Å². The molecule has 1 saturated carbocycles. The molecule has 0 unspecified atom stereocenters. The number of fused-ring (bicyclic) bond motifs is 1. The maximum atomic E-state index is 13.4. The summed E-state index contributed by atoms with van der Waals surface area (Å²) in [5, 5.41) is 29.5. The number of rotatable bonds is 9. The molecule has 4 aromatic rings. The van der Waals surface area contributed by atoms with Gasteiger partial charge in [0.05, 0.1) is 34.7 Å². The number of piperidine rings is 2. The fourth-order valence-electron chi connectivity index (χ4n) is 9.76. The minimum absolute atomic E-state index is 0.146. The molecule has 3 aromatic heterocycles. The molecule has 0 spiro atoms. The molecule has 1 aromatic carbocycles. The summed E-state index contributed by atoms with van der Waals surface area (Å²) in [4.78, 5) is 48.2. The highest BCUT2D eigenvalue weighted by Gasteiger charge is 2.64. The second-order valence-corrected chi connectivity index (χ2v) is 17.4. The van der Waals surface area contributed by atoms with Crippen molar-refractivity contribution >= 4 is 51.9 Å². The van der Waals surface area contributed by atoms with Gasteiger partial charge in [0.1, 0.15) is 17.9 Å². The number of amides is 4. The minimum Gasteiger partial charge on any atom is -0.487 e. The Hall–Kier alpha value is -5.33. The fourth-order valence-corrected chi connectivity index (χ4v) is 9.95. The maximum absolute atomic E-state index is 13.4. The molecule has 298 valence electrons. The molecule has 0 bridgehead atoms. The van der Waals surface area contributed by atoms with E-state index < -0.39 is 10.8 Å². The number of benzene rings is 1. The van der Waals surface area contributed by atoms with E-state index in [1.165, 1.54) is 6.20 Å². The Kier molecular flexibility index (Phi) is 10.3. The molecule has 6 heterocycles. The number of hydrogen-bond acceptors (Lipinski definition) is 11. The predicted molar refractivity (Wildman–Crippen MR) is 214 cm³/mol. The van der Waals surface area contributed by atoms with Gasteiger partial charge in [0.2, 0.25) is 5.91 Å². The molecule has 15 nitrogen and oxygen atoms in total. The van der Waals surface area contributed by atoms with Crippen molar-refractivity contribution in [1.82, 2.24) is 40.5 Å². The number of carbonyl (C=O) groups is 3. The number of pyridine rings is 1. The summed E-state index contributed by atoms with van der Waals surface area (Å²) in [6.07, 6.45) is 7.52. The number of imide groups is 1. The molecule has 4 aliphatic rings. The van der Waals surface area contributed by atoms with Crippen LogP contribution in [0.4, 0.5) is 16.3 Å². The van der Waals surface area contributed by atoms with E-state index in [9.17, 15) is 14.4 Å². The van der Waals surface area contributed by atoms with Gasteiger partial charge in [0.15, 0.2) is 17.2 Å². The summed E-state index contributed by atoms with van der Waals surface area (Å²) in [5.74, 6) is 1.33. The second-order valence-electron chi connectivity index (χ2n) is 17.0. The Morgan fingerprint density at radius 2 is 1.75 bits per heavy atom. The number of urea groups is 1. The molecule has 1 aliphatic carbocycles. The van der Waals surface area contributed by atoms with Crippen molar-refractivity contribution in [3.63, 3.8) is 0 Å². The number of aromatic nitrogens is 5. The Bertz CT molecular complexity index is 2200. The summed E-state index contributed by atoms with van der Waals surface area (Å²) >= 11 is 6.18. The van der Waals surface area contributed by atoms with Crippen LogP contribution in [-0.4, -0.2) is 99.1 Å². The highest BCUT2D eigenvalue weighted by Crippen LogP contribution is 2.55. The third-order valence-electron chi connectivity index (χ3n) is 12.5. The average Bonchev–Trinajstić information content (AvgIpc) is 3.64. The molecule has 4 amide bonds. The lowest BCUT2D eigenvalue weighted by Gasteiger charge is -2.63. The van der Waals surface area contributed by atoms with Gasteiger partial charge in [0.25, 0.3) is 5.91 Å². The lowest BCUT2D eigenvalue weighted by Crippen LogP contribution is -2.74. The predicted octanol–water partition coefficient (Wildman–Crippen LogP) is 5.36. The lowest BCUT2D eigenvalue weighted by atomic mass is 9.49. The van der Waals surface area contributed by atoms with Crippen molar-refractivity contribution in [3.05, 3.63) is 65.2 Å². The van der Waals surface area contributed by atoms with Gasteiger partial charge in [-0.05, 0) is 55.9 Å². The minimum atomic E-state index is -0.411. The SMILES string of the molecule is CC1(C)C(NC(=O)c2ccc(N3CCC(CN4CCC(n5ncc6c(N7CCC(=O)NC7=O)cccc65)CC4)CC3)nn2)C(C)(C)C1Oc1cnc(C#N)c(Cl)c1. The molecule has 57 heavy (non-hydrogen) atoms. The number of anilines is 2. The number of carbonyl (C=O) groups excluding carboxylic acids is 3. The Morgan fingerprint density at radius 1 is 1.00 bits per heavy atom. The number of nitriles is 1. The molecule has 3 saturated heterocycles. The molecular formula is C41H48ClN11O4. The summed E-state index contributed by atoms with van der Waals surface area (Å²) < 4.78 is 8.42. The number of nitrogens with zero attached hydrogens (tertiary/aromatic N) is 9. The number of likely N-dealkylation sites (tertiary alicyclic amines) is 1. The van der Waals surface area contributed by atoms with Crippen LogP contribution in [0.1, 0.15) is 82.0 Å². The fraction of sp³-hybridized carbons (Fsp3) is 0.512. The zero-order valence-electron chi connectivity index (χ0n) is 32.7. The first-order valence-corrected chi connectivity index (χ1v) is 20.1. The maximum Gasteiger partial charge on any atom is 0.328 e. The quantitative estimate of drug-likeness (QED) is 0.223. The second kappa shape index (κ2) is 15.2. The van der Waals surface area contributed by atoms with Crippen LogP contribution in [0.15, 0.2) is 48.8 Å². The molecule has 16 heteroatoms. The molecule has 4 fully saturated rings. The number of halogens is 1. The standard InChI is InChI=1S/C41H48ClN11O4/c1-40(2)37(41(3,4)38(40)57-27-20-29(42)31(21-43)44-22-27)47-36(55)30-8-9-34(49-48-30)51-17-10-25(11-18-51)24-50-15-12-26(13-16-50)53-33-7-5-6-32(28(33)23-45-53)52-19-14-35(54)46-39(52)56/h5-9,20,22-23,25-26,37-38H,10-19,24H2,1-4H3,(H,47,55)(H,46,54,56). The van der Waals surface area contributed by atoms with E-state index in [4.69, 9.17) is 26.7 Å². The average molecular weight is 794 g/mol. The van der Waals surface area contributed by atoms with Gasteiger partial charge >= 0.3 is 6.03 Å². The van der Waals surface area contributed by atoms with Crippen LogP contribution in [0, 0.1) is 28.1 Å². The van der Waals surface area contributed by atoms with E-state index in [-0.39, 0.29) is 58.9 Å². The molecular weight excluding hydrogens is 746 g/mol. The number of nitrogens with one attached hydrogen (secondary N) is 2. The van der Waals surface area contributed by atoms with Crippen molar-refractivity contribution in [2.24, 2.45) is 16.7 Å². The lowest BCUT2D eigenvalue weighted by molar-refractivity contribution is -0.164. The van der Waals surface area contributed by atoms with Crippen LogP contribution < -0.4 is 25.2 Å². The van der Waals surface area contributed by atoms with Crippen LogP contribution in [0.25, 0.3) is 10.9 Å². The van der Waals surface area contributed by atoms with E-state index in [1.54, 1.807) is 17.0 Å². The van der Waals surface area contributed by atoms with E-state index >= 15 is 0 Å². The first-order chi connectivity index (χ1) is 27.3. The van der Waals surface area contributed by atoms with Crippen molar-refractivity contribution in [3.8, 4) is 11.8 Å². The van der Waals surface area contributed by atoms with Gasteiger partial charge in [-0.2, -0.15) is 10.4 Å². The van der Waals surface area contributed by atoms with Gasteiger partial charge < -0.3 is 19.9 Å². The van der Waals surface area contributed by atoms with Crippen LogP contribution in [-0.2, 0) is 4.79 Å². The van der Waals surface area contributed by atoms with Gasteiger partial charge in [-0.15, -0.1) is 10.2 Å². The number of ether oxygens (including phenoxy) is 1. The van der Waals surface area contributed by atoms with Gasteiger partial charge in [-0.25, -0.2) is 9.78 Å². The number of hydrogen-bond donors (Lipinski definition) is 2. The van der Waals surface area contributed by atoms with Crippen LogP contribution in [0.3, 0.4) is 0 Å². The molecule has 3 aliphatic heterocycles. The zero-order valence-corrected chi connectivity index (χ0v) is 33.5. The third-order valence-corrected chi connectivity index (χ3v) is 12.8. The van der Waals surface area contributed by atoms with Gasteiger partial charge in [-0.3, -0.25) is 24.5 Å². The van der Waals surface area contributed by atoms with Crippen LogP contribution in [0.5, 0.6) is 5.75 Å². The molecule has 2 N–H and O–H groups in total. The van der Waals surface area contributed by atoms with Crippen molar-refractivity contribution in [1.29, 1.82) is 5.26 Å². The smallest absolute Gasteiger partial charge is 0.328 e. The zero-order chi connectivity index (χ0) is 40.1. The Morgan fingerprint density at radius 3 is 2.42 bits per heavy atom. The van der Waals surface area contributed by atoms with E-state index in [1.807, 2.05) is 30.5 Å². The first kappa shape index (κ1) is 38.5. The highest BCUT2D eigenvalue weighted by atomic mass is 35.5. The highest BCUT2D eigenvalue weighted by molar-refractivity contribution is 6.31. The van der Waals surface area contributed by atoms with Crippen molar-refractivity contribution in [2.75, 3.05) is 49.1 Å². The van der Waals surface area contributed by atoms with E-state index in [2.05, 4.69) is 74.1 Å². The summed E-state index contributed by atoms with van der Waals surface area (Å²) in [6.45, 7) is 13.4. The van der Waals surface area contributed by atoms with Gasteiger partial charge in [-0.1, -0.05) is 45.4 Å². The largest absolute Gasteiger partial charge is 0.487 e. The van der Waals surface area contributed by atoms with Crippen LogP contribution in [0.2, 0.25) is 5.02 Å². The van der Waals surface area contributed by atoms with E-state index in [0.29, 0.717) is 18.2 Å². The van der Waals surface area contributed by atoms with E-state index in [0.717, 1.165) is 80.8 Å². The topological polar surface area (TPSA) is 174 Å². The van der Waals surface area contributed by atoms with Crippen molar-refractivity contribution < 1.29 is 19.1 Å². The van der Waals surface area contributed by atoms with Crippen LogP contribution >= 0.6 is 11.6 Å². The third kappa shape index (κ3) is 7.36. The monoisotopic (exact) mass is 793 g/mol. The molecule has 0 atom stereocenters. The summed E-state index contributed by atoms with van der Waals surface area (Å²) in [6, 6.07) is 12.8. The molecule has 8 rings (SSSR count). The normalized spacial score (nSPS) is 22.8. The Balaban J connectivity index is 0.800. The summed E-state index contributed by atoms with van der Waals surface area (Å²) in [5.41, 5.74) is 1.39. The van der Waals surface area contributed by atoms with Crippen molar-refractivity contribution in [2.45, 2.75) is 78.0 Å².